The molecule has 0 saturated heterocycles. The molecule has 0 spiro atoms. The van der Waals surface area contributed by atoms with Crippen molar-refractivity contribution in [1.82, 2.24) is 0 Å². The lowest BCUT2D eigenvalue weighted by atomic mass is 10.1. The van der Waals surface area contributed by atoms with E-state index in [1.54, 1.807) is 24.3 Å². The number of hydrogen-bond donors (Lipinski definition) is 2. The highest BCUT2D eigenvalue weighted by atomic mass is 35.5. The van der Waals surface area contributed by atoms with Crippen molar-refractivity contribution in [1.29, 1.82) is 5.26 Å². The Morgan fingerprint density at radius 1 is 1.38 bits per heavy atom. The molecule has 0 bridgehead atoms. The molecule has 1 aromatic rings. The molecule has 13 heavy (non-hydrogen) atoms. The minimum Gasteiger partial charge on any atom is -0.394 e. The first-order valence-corrected chi connectivity index (χ1v) is 3.64. The molecular weight excluding hydrogens is 188 g/mol. The maximum atomic E-state index is 8.72. The number of nitrogens with two attached hydrogens (primary N) is 1. The van der Waals surface area contributed by atoms with E-state index in [0.29, 0.717) is 5.56 Å². The molecule has 4 heteroatoms. The number of nitrogens with zero attached hydrogens (tertiary/aromatic N) is 1. The lowest BCUT2D eigenvalue weighted by Crippen LogP contribution is -2.14. The van der Waals surface area contributed by atoms with E-state index in [1.807, 2.05) is 6.07 Å². The van der Waals surface area contributed by atoms with Crippen molar-refractivity contribution in [2.24, 2.45) is 5.73 Å². The van der Waals surface area contributed by atoms with E-state index in [1.165, 1.54) is 0 Å². The van der Waals surface area contributed by atoms with E-state index < -0.39 is 0 Å². The van der Waals surface area contributed by atoms with Crippen LogP contribution in [0.25, 0.3) is 0 Å². The number of halogens is 1. The van der Waals surface area contributed by atoms with Gasteiger partial charge in [0.1, 0.15) is 0 Å². The number of benzene rings is 1. The number of rotatable bonds is 2. The van der Waals surface area contributed by atoms with Crippen LogP contribution in [0.2, 0.25) is 0 Å². The van der Waals surface area contributed by atoms with Crippen molar-refractivity contribution in [2.75, 3.05) is 6.61 Å². The normalized spacial score (nSPS) is 11.2. The summed E-state index contributed by atoms with van der Waals surface area (Å²) in [5, 5.41) is 17.2. The van der Waals surface area contributed by atoms with Crippen LogP contribution in [0.1, 0.15) is 17.2 Å². The fourth-order valence-electron chi connectivity index (χ4n) is 0.910. The third-order valence-corrected chi connectivity index (χ3v) is 1.66. The molecule has 0 saturated carbocycles. The van der Waals surface area contributed by atoms with Crippen molar-refractivity contribution in [3.8, 4) is 6.07 Å². The molecule has 0 aliphatic heterocycles. The van der Waals surface area contributed by atoms with Crippen LogP contribution in [0.5, 0.6) is 0 Å². The zero-order chi connectivity index (χ0) is 8.97. The van der Waals surface area contributed by atoms with E-state index in [0.717, 1.165) is 5.56 Å². The van der Waals surface area contributed by atoms with Crippen LogP contribution in [0.4, 0.5) is 0 Å². The average molecular weight is 199 g/mol. The van der Waals surface area contributed by atoms with Crippen LogP contribution >= 0.6 is 12.4 Å². The summed E-state index contributed by atoms with van der Waals surface area (Å²) in [4.78, 5) is 0. The van der Waals surface area contributed by atoms with Crippen molar-refractivity contribution in [3.63, 3.8) is 0 Å². The number of aliphatic hydroxyl groups excluding tert-OH is 1. The molecule has 0 amide bonds. The number of hydrogen-bond acceptors (Lipinski definition) is 3. The van der Waals surface area contributed by atoms with Gasteiger partial charge in [-0.2, -0.15) is 5.26 Å². The first-order valence-electron chi connectivity index (χ1n) is 3.64. The van der Waals surface area contributed by atoms with Crippen LogP contribution in [0.3, 0.4) is 0 Å². The molecule has 1 aromatic carbocycles. The van der Waals surface area contributed by atoms with Gasteiger partial charge < -0.3 is 10.8 Å². The second-order valence-electron chi connectivity index (χ2n) is 2.52. The molecule has 3 nitrogen and oxygen atoms in total. The van der Waals surface area contributed by atoms with Crippen molar-refractivity contribution < 1.29 is 5.11 Å². The van der Waals surface area contributed by atoms with Gasteiger partial charge >= 0.3 is 0 Å². The van der Waals surface area contributed by atoms with Gasteiger partial charge in [-0.05, 0) is 17.7 Å². The number of aliphatic hydroxyl groups is 1. The quantitative estimate of drug-likeness (QED) is 0.744. The Labute approximate surface area is 83.2 Å². The van der Waals surface area contributed by atoms with E-state index in [-0.39, 0.29) is 25.1 Å². The molecule has 1 rings (SSSR count). The lowest BCUT2D eigenvalue weighted by molar-refractivity contribution is 0.268. The van der Waals surface area contributed by atoms with Gasteiger partial charge in [-0.3, -0.25) is 0 Å². The summed E-state index contributed by atoms with van der Waals surface area (Å²) in [6.07, 6.45) is 0. The van der Waals surface area contributed by atoms with Crippen LogP contribution < -0.4 is 5.73 Å². The van der Waals surface area contributed by atoms with Gasteiger partial charge in [-0.15, -0.1) is 12.4 Å². The first kappa shape index (κ1) is 11.9. The predicted molar refractivity (Wildman–Crippen MR) is 52.4 cm³/mol. The average Bonchev–Trinajstić information content (AvgIpc) is 2.17. The molecule has 70 valence electrons. The van der Waals surface area contributed by atoms with Crippen molar-refractivity contribution in [2.45, 2.75) is 6.04 Å². The Morgan fingerprint density at radius 3 is 2.31 bits per heavy atom. The van der Waals surface area contributed by atoms with Crippen LogP contribution in [-0.4, -0.2) is 11.7 Å². The molecule has 0 aromatic heterocycles. The molecule has 0 heterocycles. The van der Waals surface area contributed by atoms with Gasteiger partial charge in [-0.25, -0.2) is 0 Å². The third-order valence-electron chi connectivity index (χ3n) is 1.66. The summed E-state index contributed by atoms with van der Waals surface area (Å²) in [7, 11) is 0. The van der Waals surface area contributed by atoms with Gasteiger partial charge in [-0.1, -0.05) is 12.1 Å². The van der Waals surface area contributed by atoms with E-state index in [2.05, 4.69) is 0 Å². The Morgan fingerprint density at radius 2 is 1.92 bits per heavy atom. The summed E-state index contributed by atoms with van der Waals surface area (Å²) in [6.45, 7) is -0.0775. The monoisotopic (exact) mass is 198 g/mol. The maximum Gasteiger partial charge on any atom is 0.0991 e. The Hall–Kier alpha value is -1.08. The van der Waals surface area contributed by atoms with Gasteiger partial charge in [0.25, 0.3) is 0 Å². The molecule has 0 unspecified atom stereocenters. The summed E-state index contributed by atoms with van der Waals surface area (Å²) < 4.78 is 0. The lowest BCUT2D eigenvalue weighted by Gasteiger charge is -2.07. The molecule has 0 aliphatic carbocycles. The summed E-state index contributed by atoms with van der Waals surface area (Å²) in [6, 6.07) is 8.53. The van der Waals surface area contributed by atoms with Crippen molar-refractivity contribution >= 4 is 12.4 Å². The first-order chi connectivity index (χ1) is 5.77. The molecule has 0 radical (unpaired) electrons. The summed E-state index contributed by atoms with van der Waals surface area (Å²) >= 11 is 0. The fraction of sp³-hybridized carbons (Fsp3) is 0.222. The van der Waals surface area contributed by atoms with Gasteiger partial charge in [0.15, 0.2) is 0 Å². The smallest absolute Gasteiger partial charge is 0.0991 e. The summed E-state index contributed by atoms with van der Waals surface area (Å²) in [5.74, 6) is 0. The molecule has 3 N–H and O–H groups in total. The second kappa shape index (κ2) is 5.55. The van der Waals surface area contributed by atoms with Crippen LogP contribution in [-0.2, 0) is 0 Å². The highest BCUT2D eigenvalue weighted by Crippen LogP contribution is 2.10. The minimum atomic E-state index is -0.349. The van der Waals surface area contributed by atoms with Crippen LogP contribution in [0, 0.1) is 11.3 Å². The Balaban J connectivity index is 0.00000144. The molecule has 0 aliphatic rings. The van der Waals surface area contributed by atoms with Gasteiger partial charge in [0, 0.05) is 0 Å². The standard InChI is InChI=1S/C9H10N2O.ClH/c10-5-7-1-3-8(4-2-7)9(11)6-12;/h1-4,9,12H,6,11H2;1H/t9-;/m0./s1. The van der Waals surface area contributed by atoms with E-state index in [4.69, 9.17) is 16.1 Å². The zero-order valence-corrected chi connectivity index (χ0v) is 7.79. The van der Waals surface area contributed by atoms with E-state index in [9.17, 15) is 0 Å². The topological polar surface area (TPSA) is 70.0 Å². The molecule has 1 atom stereocenters. The van der Waals surface area contributed by atoms with Crippen LogP contribution in [0.15, 0.2) is 24.3 Å². The fourth-order valence-corrected chi connectivity index (χ4v) is 0.910. The van der Waals surface area contributed by atoms with Gasteiger partial charge in [0.05, 0.1) is 24.3 Å². The van der Waals surface area contributed by atoms with Gasteiger partial charge in [0.2, 0.25) is 0 Å². The largest absolute Gasteiger partial charge is 0.394 e. The Bertz CT molecular complexity index is 291. The minimum absolute atomic E-state index is 0. The molecular formula is C9H11ClN2O. The maximum absolute atomic E-state index is 8.72. The third kappa shape index (κ3) is 3.03. The highest BCUT2D eigenvalue weighted by molar-refractivity contribution is 5.85. The zero-order valence-electron chi connectivity index (χ0n) is 6.97. The summed E-state index contributed by atoms with van der Waals surface area (Å²) in [5.41, 5.74) is 7.00. The Kier molecular flexibility index (Phi) is 5.09. The second-order valence-corrected chi connectivity index (χ2v) is 2.52. The predicted octanol–water partition coefficient (Wildman–Crippen LogP) is 0.972. The van der Waals surface area contributed by atoms with Crippen molar-refractivity contribution in [3.05, 3.63) is 35.4 Å². The molecule has 0 fully saturated rings. The highest BCUT2D eigenvalue weighted by Gasteiger charge is 2.02. The number of nitriles is 1. The SMILES string of the molecule is Cl.N#Cc1ccc([C@@H](N)CO)cc1. The van der Waals surface area contributed by atoms with E-state index >= 15 is 0 Å².